The molecule has 0 aliphatic heterocycles. The summed E-state index contributed by atoms with van der Waals surface area (Å²) >= 11 is 0. The second kappa shape index (κ2) is 14.5. The third-order valence-electron chi connectivity index (χ3n) is 11.9. The summed E-state index contributed by atoms with van der Waals surface area (Å²) in [6.45, 7) is 16.8. The van der Waals surface area contributed by atoms with Crippen LogP contribution < -0.4 is 0 Å². The van der Waals surface area contributed by atoms with Crippen LogP contribution in [0.3, 0.4) is 0 Å². The Hall–Kier alpha value is -8.14. The zero-order valence-corrected chi connectivity index (χ0v) is 34.8. The average Bonchev–Trinajstić information content (AvgIpc) is 3.80. The monoisotopic (exact) mass is 796 g/mol. The number of rotatable bonds is 6. The number of fused-ring (bicyclic) bond motifs is 6. The smallest absolute Gasteiger partial charge is 0.238 e. The fraction of sp³-hybridized carbons (Fsp3) is 0.0714. The second-order valence-corrected chi connectivity index (χ2v) is 16.4. The van der Waals surface area contributed by atoms with E-state index in [0.29, 0.717) is 23.3 Å². The Balaban J connectivity index is 1.21. The van der Waals surface area contributed by atoms with Crippen molar-refractivity contribution in [3.8, 4) is 56.7 Å². The van der Waals surface area contributed by atoms with E-state index in [1.165, 1.54) is 33.4 Å². The van der Waals surface area contributed by atoms with Gasteiger partial charge in [0, 0.05) is 32.7 Å². The van der Waals surface area contributed by atoms with Crippen molar-refractivity contribution in [2.24, 2.45) is 0 Å². The first-order valence-corrected chi connectivity index (χ1v) is 20.9. The lowest BCUT2D eigenvalue weighted by Crippen LogP contribution is -2.07. The molecule has 0 N–H and O–H groups in total. The van der Waals surface area contributed by atoms with Crippen molar-refractivity contribution in [2.45, 2.75) is 27.7 Å². The molecule has 8 aromatic carbocycles. The van der Waals surface area contributed by atoms with Crippen molar-refractivity contribution in [1.82, 2.24) is 24.1 Å². The molecule has 62 heavy (non-hydrogen) atoms. The zero-order valence-electron chi connectivity index (χ0n) is 34.8. The van der Waals surface area contributed by atoms with Crippen molar-refractivity contribution in [2.75, 3.05) is 0 Å². The van der Waals surface area contributed by atoms with Crippen LogP contribution in [-0.2, 0) is 0 Å². The molecule has 0 atom stereocenters. The quantitative estimate of drug-likeness (QED) is 0.158. The van der Waals surface area contributed by atoms with Gasteiger partial charge in [-0.25, -0.2) is 9.83 Å². The molecule has 6 heteroatoms. The Morgan fingerprint density at radius 2 is 0.887 bits per heavy atom. The van der Waals surface area contributed by atoms with E-state index >= 15 is 0 Å². The molecule has 3 heterocycles. The van der Waals surface area contributed by atoms with Crippen LogP contribution in [0.5, 0.6) is 0 Å². The lowest BCUT2D eigenvalue weighted by molar-refractivity contribution is 0.952. The molecule has 0 unspecified atom stereocenters. The Labute approximate surface area is 359 Å². The highest BCUT2D eigenvalue weighted by molar-refractivity contribution is 6.12. The van der Waals surface area contributed by atoms with Gasteiger partial charge in [0.25, 0.3) is 0 Å². The normalized spacial score (nSPS) is 11.5. The Kier molecular flexibility index (Phi) is 8.66. The molecular formula is C56H40N6. The van der Waals surface area contributed by atoms with E-state index in [2.05, 4.69) is 163 Å². The third-order valence-corrected chi connectivity index (χ3v) is 11.9. The summed E-state index contributed by atoms with van der Waals surface area (Å²) in [5, 5.41) is 4.50. The average molecular weight is 797 g/mol. The largest absolute Gasteiger partial charge is 0.309 e. The number of aromatic nitrogens is 5. The first-order valence-electron chi connectivity index (χ1n) is 20.9. The molecule has 0 aliphatic rings. The maximum absolute atomic E-state index is 8.16. The predicted molar refractivity (Wildman–Crippen MR) is 255 cm³/mol. The van der Waals surface area contributed by atoms with Gasteiger partial charge in [-0.2, -0.15) is 9.97 Å². The van der Waals surface area contributed by atoms with Crippen LogP contribution in [-0.4, -0.2) is 24.1 Å². The molecule has 0 saturated carbocycles. The molecule has 11 rings (SSSR count). The number of hydrogen-bond acceptors (Lipinski definition) is 3. The topological polar surface area (TPSA) is 52.9 Å². The minimum Gasteiger partial charge on any atom is -0.309 e. The molecule has 294 valence electrons. The molecule has 0 amide bonds. The first-order chi connectivity index (χ1) is 30.3. The number of nitrogens with zero attached hydrogens (tertiary/aromatic N) is 6. The van der Waals surface area contributed by atoms with Crippen molar-refractivity contribution < 1.29 is 0 Å². The fourth-order valence-electron chi connectivity index (χ4n) is 9.33. The fourth-order valence-corrected chi connectivity index (χ4v) is 9.33. The predicted octanol–water partition coefficient (Wildman–Crippen LogP) is 14.5. The Morgan fingerprint density at radius 1 is 0.387 bits per heavy atom. The van der Waals surface area contributed by atoms with Gasteiger partial charge in [0.05, 0.1) is 34.3 Å². The lowest BCUT2D eigenvalue weighted by atomic mass is 9.97. The van der Waals surface area contributed by atoms with Gasteiger partial charge in [-0.05, 0) is 98.5 Å². The number of para-hydroxylation sites is 2. The molecule has 0 radical (unpaired) electrons. The van der Waals surface area contributed by atoms with E-state index in [1.807, 2.05) is 48.5 Å². The van der Waals surface area contributed by atoms with E-state index in [9.17, 15) is 0 Å². The zero-order chi connectivity index (χ0) is 42.1. The van der Waals surface area contributed by atoms with Gasteiger partial charge >= 0.3 is 0 Å². The number of benzene rings is 8. The first kappa shape index (κ1) is 36.9. The van der Waals surface area contributed by atoms with E-state index < -0.39 is 0 Å². The van der Waals surface area contributed by atoms with Crippen LogP contribution >= 0.6 is 0 Å². The summed E-state index contributed by atoms with van der Waals surface area (Å²) in [4.78, 5) is 19.7. The molecule has 0 saturated heterocycles. The summed E-state index contributed by atoms with van der Waals surface area (Å²) in [6.07, 6.45) is 0. The maximum Gasteiger partial charge on any atom is 0.238 e. The van der Waals surface area contributed by atoms with Crippen molar-refractivity contribution in [3.63, 3.8) is 0 Å². The molecule has 11 aromatic rings. The second-order valence-electron chi connectivity index (χ2n) is 16.4. The standard InChI is InChI=1S/C56H40N6/c1-34-25-35(2)28-41(27-34)39-19-22-51-46(31-39)47-32-40(42-29-36(3)26-37(4)30-42)20-23-52(47)61(51)53-24-21-43(57-5)33-48(53)55-58-54(38-13-7-6-8-14-38)59-56(60-55)62-49-17-11-9-15-44(49)45-16-10-12-18-50(45)62/h6-33H,1-4H3. The Morgan fingerprint density at radius 3 is 1.44 bits per heavy atom. The van der Waals surface area contributed by atoms with Crippen LogP contribution in [0.25, 0.3) is 105 Å². The molecule has 0 fully saturated rings. The van der Waals surface area contributed by atoms with Gasteiger partial charge in [0.15, 0.2) is 17.3 Å². The van der Waals surface area contributed by atoms with Crippen LogP contribution in [0.15, 0.2) is 170 Å². The van der Waals surface area contributed by atoms with E-state index in [-0.39, 0.29) is 0 Å². The number of hydrogen-bond donors (Lipinski definition) is 0. The summed E-state index contributed by atoms with van der Waals surface area (Å²) < 4.78 is 4.45. The summed E-state index contributed by atoms with van der Waals surface area (Å²) in [7, 11) is 0. The molecule has 0 bridgehead atoms. The highest BCUT2D eigenvalue weighted by atomic mass is 15.2. The molecule has 0 spiro atoms. The molecule has 0 aliphatic carbocycles. The number of aryl methyl sites for hydroxylation is 4. The van der Waals surface area contributed by atoms with Gasteiger partial charge in [0.1, 0.15) is 0 Å². The molecule has 3 aromatic heterocycles. The lowest BCUT2D eigenvalue weighted by Gasteiger charge is -2.16. The maximum atomic E-state index is 8.16. The van der Waals surface area contributed by atoms with Crippen molar-refractivity contribution in [3.05, 3.63) is 204 Å². The van der Waals surface area contributed by atoms with Crippen molar-refractivity contribution >= 4 is 49.3 Å². The minimum atomic E-state index is 0.477. The van der Waals surface area contributed by atoms with Gasteiger partial charge in [0.2, 0.25) is 5.95 Å². The van der Waals surface area contributed by atoms with Gasteiger partial charge < -0.3 is 4.57 Å². The summed E-state index contributed by atoms with van der Waals surface area (Å²) in [6, 6.07) is 59.7. The third kappa shape index (κ3) is 6.22. The highest BCUT2D eigenvalue weighted by Crippen LogP contribution is 2.41. The summed E-state index contributed by atoms with van der Waals surface area (Å²) in [5.41, 5.74) is 16.7. The van der Waals surface area contributed by atoms with E-state index in [1.54, 1.807) is 0 Å². The van der Waals surface area contributed by atoms with Crippen LogP contribution in [0.2, 0.25) is 0 Å². The van der Waals surface area contributed by atoms with Gasteiger partial charge in [-0.3, -0.25) is 4.57 Å². The minimum absolute atomic E-state index is 0.477. The van der Waals surface area contributed by atoms with Crippen LogP contribution in [0, 0.1) is 34.3 Å². The van der Waals surface area contributed by atoms with Crippen LogP contribution in [0.1, 0.15) is 22.3 Å². The van der Waals surface area contributed by atoms with Crippen LogP contribution in [0.4, 0.5) is 5.69 Å². The SMILES string of the molecule is [C-]#[N+]c1ccc(-n2c3ccc(-c4cc(C)cc(C)c4)cc3c3cc(-c4cc(C)cc(C)c4)ccc32)c(-c2nc(-c3ccccc3)nc(-n3c4ccccc4c4ccccc43)n2)c1. The van der Waals surface area contributed by atoms with E-state index in [0.717, 1.165) is 71.6 Å². The van der Waals surface area contributed by atoms with E-state index in [4.69, 9.17) is 21.5 Å². The molecule has 6 nitrogen and oxygen atoms in total. The Bertz CT molecular complexity index is 3440. The molecular weight excluding hydrogens is 757 g/mol. The summed E-state index contributed by atoms with van der Waals surface area (Å²) in [5.74, 6) is 1.53. The highest BCUT2D eigenvalue weighted by Gasteiger charge is 2.22. The van der Waals surface area contributed by atoms with Crippen molar-refractivity contribution in [1.29, 1.82) is 0 Å². The van der Waals surface area contributed by atoms with Gasteiger partial charge in [-0.15, -0.1) is 0 Å². The van der Waals surface area contributed by atoms with Gasteiger partial charge in [-0.1, -0.05) is 144 Å².